The minimum Gasteiger partial charge on any atom is -0.481 e. The second-order valence-electron chi connectivity index (χ2n) is 10.4. The third-order valence-electron chi connectivity index (χ3n) is 8.39. The molecule has 1 spiro atoms. The Morgan fingerprint density at radius 1 is 1.29 bits per heavy atom. The number of hydrogen-bond donors (Lipinski definition) is 2. The largest absolute Gasteiger partial charge is 0.481 e. The highest BCUT2D eigenvalue weighted by atomic mass is 79.9. The summed E-state index contributed by atoms with van der Waals surface area (Å²) >= 11 is 5.15. The van der Waals surface area contributed by atoms with Gasteiger partial charge < -0.3 is 24.7 Å². The molecule has 0 aromatic heterocycles. The fourth-order valence-corrected chi connectivity index (χ4v) is 10.3. The minimum absolute atomic E-state index is 0.126. The Morgan fingerprint density at radius 3 is 2.63 bits per heavy atom. The molecule has 4 aliphatic heterocycles. The Bertz CT molecular complexity index is 1070. The van der Waals surface area contributed by atoms with Gasteiger partial charge in [0, 0.05) is 42.8 Å². The average Bonchev–Trinajstić information content (AvgIpc) is 3.51. The topological polar surface area (TPSA) is 111 Å². The van der Waals surface area contributed by atoms with Crippen molar-refractivity contribution in [2.24, 2.45) is 11.8 Å². The van der Waals surface area contributed by atoms with Crippen molar-refractivity contribution in [3.63, 3.8) is 0 Å². The Hall–Kier alpha value is -1.92. The van der Waals surface area contributed by atoms with E-state index in [1.54, 1.807) is 11.0 Å². The van der Waals surface area contributed by atoms with Crippen LogP contribution in [0.1, 0.15) is 18.0 Å². The van der Waals surface area contributed by atoms with Crippen LogP contribution in [-0.4, -0.2) is 116 Å². The summed E-state index contributed by atoms with van der Waals surface area (Å²) in [7, 11) is 0. The van der Waals surface area contributed by atoms with Crippen LogP contribution in [0.2, 0.25) is 0 Å². The molecule has 2 N–H and O–H groups in total. The molecule has 3 unspecified atom stereocenters. The minimum atomic E-state index is -1.02. The predicted octanol–water partition coefficient (Wildman–Crippen LogP) is 1.62. The van der Waals surface area contributed by atoms with Crippen molar-refractivity contribution in [3.05, 3.63) is 48.6 Å². The third kappa shape index (κ3) is 4.60. The van der Waals surface area contributed by atoms with Crippen molar-refractivity contribution in [3.8, 4) is 0 Å². The lowest BCUT2D eigenvalue weighted by Crippen LogP contribution is -2.57. The first kappa shape index (κ1) is 27.6. The predicted molar refractivity (Wildman–Crippen MR) is 147 cm³/mol. The molecule has 5 rings (SSSR count). The summed E-state index contributed by atoms with van der Waals surface area (Å²) in [6.07, 6.45) is 2.19. The molecule has 206 valence electrons. The summed E-state index contributed by atoms with van der Waals surface area (Å²) in [5.41, 5.74) is 0.711. The fourth-order valence-electron chi connectivity index (χ4n) is 6.70. The van der Waals surface area contributed by atoms with E-state index in [2.05, 4.69) is 27.4 Å². The van der Waals surface area contributed by atoms with Crippen LogP contribution in [0.5, 0.6) is 0 Å². The highest BCUT2D eigenvalue weighted by Crippen LogP contribution is 2.68. The Kier molecular flexibility index (Phi) is 8.21. The van der Waals surface area contributed by atoms with Gasteiger partial charge in [0.05, 0.1) is 42.4 Å². The zero-order valence-electron chi connectivity index (χ0n) is 21.2. The highest BCUT2D eigenvalue weighted by Gasteiger charge is 2.76. The van der Waals surface area contributed by atoms with Gasteiger partial charge in [0.2, 0.25) is 11.8 Å². The number of amides is 2. The maximum absolute atomic E-state index is 14.5. The molecule has 7 atom stereocenters. The van der Waals surface area contributed by atoms with Crippen LogP contribution >= 0.6 is 27.7 Å². The molecule has 38 heavy (non-hydrogen) atoms. The van der Waals surface area contributed by atoms with Crippen LogP contribution in [0.3, 0.4) is 0 Å². The number of aliphatic carboxylic acids is 1. The molecule has 1 aromatic carbocycles. The SMILES string of the molecule is C=CCN(CCN1CCOCC1)C(=O)C1N([C@H](CO)c2ccccc2)C(=O)[C@@H]2[C@H](C(=O)O)[C@H]3SC12CC3Br. The van der Waals surface area contributed by atoms with Crippen molar-refractivity contribution in [1.82, 2.24) is 14.7 Å². The quantitative estimate of drug-likeness (QED) is 0.305. The van der Waals surface area contributed by atoms with Crippen LogP contribution in [0.15, 0.2) is 43.0 Å². The molecule has 11 heteroatoms. The molecular weight excluding hydrogens is 574 g/mol. The van der Waals surface area contributed by atoms with Gasteiger partial charge in [-0.1, -0.05) is 52.3 Å². The number of thioether (sulfide) groups is 1. The first-order valence-corrected chi connectivity index (χ1v) is 14.9. The maximum Gasteiger partial charge on any atom is 0.308 e. The number of aliphatic hydroxyl groups excluding tert-OH is 1. The number of morpholine rings is 1. The van der Waals surface area contributed by atoms with E-state index in [0.29, 0.717) is 44.8 Å². The van der Waals surface area contributed by atoms with Crippen LogP contribution in [0.25, 0.3) is 0 Å². The van der Waals surface area contributed by atoms with E-state index in [9.17, 15) is 24.6 Å². The second kappa shape index (κ2) is 11.3. The van der Waals surface area contributed by atoms with E-state index in [1.807, 2.05) is 30.3 Å². The molecule has 2 bridgehead atoms. The van der Waals surface area contributed by atoms with E-state index in [4.69, 9.17) is 4.74 Å². The first-order valence-electron chi connectivity index (χ1n) is 13.1. The number of hydrogen-bond acceptors (Lipinski definition) is 7. The standard InChI is InChI=1S/C27H34BrN3O6S/c1-2-8-30(10-9-29-11-13-37-14-12-29)25(34)23-27-15-18(28)22(38-27)20(26(35)36)21(27)24(33)31(23)19(16-32)17-6-4-3-5-7-17/h2-7,18-23,32H,1,8-16H2,(H,35,36)/t18?,19-,20+,21+,22+,23?,27?/m1/s1. The summed E-state index contributed by atoms with van der Waals surface area (Å²) in [6, 6.07) is 7.50. The zero-order chi connectivity index (χ0) is 27.0. The van der Waals surface area contributed by atoms with Gasteiger partial charge in [0.25, 0.3) is 0 Å². The molecule has 2 amide bonds. The molecule has 4 aliphatic rings. The normalized spacial score (nSPS) is 33.3. The monoisotopic (exact) mass is 607 g/mol. The molecule has 4 fully saturated rings. The molecule has 4 saturated heterocycles. The summed E-state index contributed by atoms with van der Waals surface area (Å²) in [4.78, 5) is 46.5. The molecule has 0 aliphatic carbocycles. The van der Waals surface area contributed by atoms with Crippen LogP contribution in [-0.2, 0) is 19.1 Å². The van der Waals surface area contributed by atoms with Crippen molar-refractivity contribution >= 4 is 45.5 Å². The number of aliphatic hydroxyl groups is 1. The van der Waals surface area contributed by atoms with Crippen LogP contribution < -0.4 is 0 Å². The van der Waals surface area contributed by atoms with Gasteiger partial charge in [0.1, 0.15) is 6.04 Å². The van der Waals surface area contributed by atoms with E-state index in [0.717, 1.165) is 13.1 Å². The number of benzene rings is 1. The molecule has 1 aromatic rings. The third-order valence-corrected chi connectivity index (χ3v) is 11.6. The molecule has 9 nitrogen and oxygen atoms in total. The van der Waals surface area contributed by atoms with Crippen molar-refractivity contribution in [2.75, 3.05) is 52.5 Å². The van der Waals surface area contributed by atoms with Crippen molar-refractivity contribution < 1.29 is 29.3 Å². The van der Waals surface area contributed by atoms with Gasteiger partial charge in [-0.3, -0.25) is 19.3 Å². The highest BCUT2D eigenvalue weighted by molar-refractivity contribution is 9.09. The fraction of sp³-hybridized carbons (Fsp3) is 0.593. The molecule has 4 heterocycles. The number of carbonyl (C=O) groups is 3. The second-order valence-corrected chi connectivity index (χ2v) is 13.1. The summed E-state index contributed by atoms with van der Waals surface area (Å²) in [5.74, 6) is -3.33. The number of halogens is 1. The lowest BCUT2D eigenvalue weighted by atomic mass is 9.71. The number of likely N-dealkylation sites (tertiary alicyclic amines) is 1. The lowest BCUT2D eigenvalue weighted by Gasteiger charge is -2.40. The number of nitrogens with zero attached hydrogens (tertiary/aromatic N) is 3. The summed E-state index contributed by atoms with van der Waals surface area (Å²) < 4.78 is 4.55. The molecule has 0 saturated carbocycles. The first-order chi connectivity index (χ1) is 18.3. The number of carbonyl (C=O) groups excluding carboxylic acids is 2. The number of rotatable bonds is 10. The van der Waals surface area contributed by atoms with Gasteiger partial charge in [0.15, 0.2) is 0 Å². The van der Waals surface area contributed by atoms with Crippen LogP contribution in [0.4, 0.5) is 0 Å². The Morgan fingerprint density at radius 2 is 2.00 bits per heavy atom. The van der Waals surface area contributed by atoms with E-state index in [-0.39, 0.29) is 28.5 Å². The van der Waals surface area contributed by atoms with Gasteiger partial charge >= 0.3 is 5.97 Å². The van der Waals surface area contributed by atoms with E-state index in [1.165, 1.54) is 16.7 Å². The summed E-state index contributed by atoms with van der Waals surface area (Å²) in [5, 5.41) is 20.4. The van der Waals surface area contributed by atoms with Gasteiger partial charge in [-0.25, -0.2) is 0 Å². The maximum atomic E-state index is 14.5. The molecule has 0 radical (unpaired) electrons. The number of fused-ring (bicyclic) bond motifs is 1. The summed E-state index contributed by atoms with van der Waals surface area (Å²) in [6.45, 7) is 7.80. The smallest absolute Gasteiger partial charge is 0.308 e. The number of alkyl halides is 1. The van der Waals surface area contributed by atoms with Crippen molar-refractivity contribution in [1.29, 1.82) is 0 Å². The van der Waals surface area contributed by atoms with Gasteiger partial charge in [-0.15, -0.1) is 18.3 Å². The van der Waals surface area contributed by atoms with E-state index >= 15 is 0 Å². The van der Waals surface area contributed by atoms with Gasteiger partial charge in [-0.05, 0) is 12.0 Å². The number of carboxylic acids is 1. The average molecular weight is 609 g/mol. The zero-order valence-corrected chi connectivity index (χ0v) is 23.6. The van der Waals surface area contributed by atoms with Crippen molar-refractivity contribution in [2.45, 2.75) is 33.3 Å². The van der Waals surface area contributed by atoms with Crippen LogP contribution in [0, 0.1) is 11.8 Å². The number of carboxylic acid groups (broad SMARTS) is 1. The lowest BCUT2D eigenvalue weighted by molar-refractivity contribution is -0.149. The number of ether oxygens (including phenoxy) is 1. The van der Waals surface area contributed by atoms with E-state index < -0.39 is 34.6 Å². The molecular formula is C27H34BrN3O6S. The van der Waals surface area contributed by atoms with Gasteiger partial charge in [-0.2, -0.15) is 0 Å². The Labute approximate surface area is 235 Å². The Balaban J connectivity index is 1.54.